The van der Waals surface area contributed by atoms with Crippen LogP contribution in [0.2, 0.25) is 0 Å². The van der Waals surface area contributed by atoms with Crippen molar-refractivity contribution in [2.45, 2.75) is 71.1 Å². The molecule has 0 bridgehead atoms. The molecule has 1 aliphatic carbocycles. The number of hydrogen-bond donors (Lipinski definition) is 0. The Morgan fingerprint density at radius 1 is 1.10 bits per heavy atom. The molecular weight excluding hydrogens is 609 g/mol. The normalized spacial score (nSPS) is 18.6. The first-order chi connectivity index (χ1) is 23.0. The van der Waals surface area contributed by atoms with Gasteiger partial charge in [-0.3, -0.25) is 14.7 Å². The number of benzene rings is 1. The van der Waals surface area contributed by atoms with Crippen LogP contribution >= 0.6 is 0 Å². The van der Waals surface area contributed by atoms with Crippen molar-refractivity contribution in [1.82, 2.24) is 29.7 Å². The van der Waals surface area contributed by atoms with E-state index < -0.39 is 5.82 Å². The number of fused-ring (bicyclic) bond motifs is 1. The Labute approximate surface area is 285 Å². The van der Waals surface area contributed by atoms with Gasteiger partial charge in [-0.25, -0.2) is 14.4 Å². The molecule has 1 atom stereocenters. The number of carbonyl (C=O) groups excluding carboxylic acids is 1. The summed E-state index contributed by atoms with van der Waals surface area (Å²) in [5.41, 5.74) is 2.78. The Hall–Kier alpha value is -3.67. The van der Waals surface area contributed by atoms with Gasteiger partial charge in [0.15, 0.2) is 17.9 Å². The number of carbonyl (C=O) groups is 1. The average Bonchev–Trinajstić information content (AvgIpc) is 3.03. The number of likely N-dealkylation sites (N-methyl/N-ethyl adjacent to an activating group) is 1. The lowest BCUT2D eigenvalue weighted by Gasteiger charge is -2.59. The van der Waals surface area contributed by atoms with Crippen molar-refractivity contribution >= 4 is 12.1 Å². The van der Waals surface area contributed by atoms with Gasteiger partial charge in [0.1, 0.15) is 29.7 Å². The molecular formula is C37H52FN7O3. The van der Waals surface area contributed by atoms with Gasteiger partial charge in [-0.1, -0.05) is 6.92 Å². The molecule has 1 spiro atoms. The third kappa shape index (κ3) is 8.30. The Kier molecular flexibility index (Phi) is 11.7. The number of rotatable bonds is 12. The fourth-order valence-electron chi connectivity index (χ4n) is 6.93. The highest BCUT2D eigenvalue weighted by Gasteiger charge is 2.54. The molecule has 6 rings (SSSR count). The van der Waals surface area contributed by atoms with Crippen LogP contribution in [0.4, 0.5) is 10.2 Å². The highest BCUT2D eigenvalue weighted by Crippen LogP contribution is 2.52. The van der Waals surface area contributed by atoms with Gasteiger partial charge >= 0.3 is 0 Å². The summed E-state index contributed by atoms with van der Waals surface area (Å²) in [5.74, 6) is 1.88. The number of aldehydes is 1. The van der Waals surface area contributed by atoms with Crippen LogP contribution in [0.15, 0.2) is 43.0 Å². The summed E-state index contributed by atoms with van der Waals surface area (Å²) in [6, 6.07) is 6.94. The van der Waals surface area contributed by atoms with Crippen molar-refractivity contribution in [1.29, 1.82) is 0 Å². The summed E-state index contributed by atoms with van der Waals surface area (Å²) in [7, 11) is 8.58. The summed E-state index contributed by atoms with van der Waals surface area (Å²) >= 11 is 0. The Bertz CT molecular complexity index is 1520. The molecule has 0 radical (unpaired) electrons. The maximum Gasteiger partial charge on any atom is 0.188 e. The van der Waals surface area contributed by atoms with E-state index in [1.807, 2.05) is 12.3 Å². The predicted octanol–water partition coefficient (Wildman–Crippen LogP) is 5.88. The minimum absolute atomic E-state index is 0.142. The van der Waals surface area contributed by atoms with Crippen LogP contribution in [0.25, 0.3) is 0 Å². The van der Waals surface area contributed by atoms with E-state index >= 15 is 0 Å². The molecule has 4 heterocycles. The molecule has 2 fully saturated rings. The van der Waals surface area contributed by atoms with Crippen molar-refractivity contribution < 1.29 is 18.7 Å². The lowest BCUT2D eigenvalue weighted by Crippen LogP contribution is -2.65. The largest absolute Gasteiger partial charge is 0.490 e. The molecule has 2 aromatic heterocycles. The van der Waals surface area contributed by atoms with Gasteiger partial charge in [0.2, 0.25) is 0 Å². The fraction of sp³-hybridized carbons (Fsp3) is 0.568. The summed E-state index contributed by atoms with van der Waals surface area (Å²) < 4.78 is 26.2. The first-order valence-corrected chi connectivity index (χ1v) is 17.2. The molecule has 2 aliphatic heterocycles. The smallest absolute Gasteiger partial charge is 0.188 e. The monoisotopic (exact) mass is 661 g/mol. The number of pyridine rings is 1. The second-order valence-corrected chi connectivity index (χ2v) is 14.1. The zero-order valence-corrected chi connectivity index (χ0v) is 29.7. The number of halogens is 1. The highest BCUT2D eigenvalue weighted by molar-refractivity contribution is 5.79. The number of anilines is 1. The third-order valence-corrected chi connectivity index (χ3v) is 10.0. The second-order valence-electron chi connectivity index (χ2n) is 14.1. The van der Waals surface area contributed by atoms with Gasteiger partial charge in [0.25, 0.3) is 0 Å². The standard InChI is InChI=1S/C31H37FN6O3.C6H15N/c1-36(2)11-4-5-25-29-24(9-12-37(25)3)34-10-8-27(29)40-23-14-31(15-23)18-38(19-31)30-28(16-33-20-35-30)41-26-7-6-22(32)13-21(26)17-39;1-5-7(4)6(2)3/h6-8,10,13,16-17,20,23,25H,4-5,9,11-12,14-15,18-19H2,1-3H3;6H,5H2,1-4H3. The molecule has 3 aromatic rings. The van der Waals surface area contributed by atoms with E-state index in [4.69, 9.17) is 14.5 Å². The minimum atomic E-state index is -0.491. The van der Waals surface area contributed by atoms with Gasteiger partial charge in [0.05, 0.1) is 17.5 Å². The lowest BCUT2D eigenvalue weighted by molar-refractivity contribution is -0.0356. The van der Waals surface area contributed by atoms with Crippen molar-refractivity contribution in [3.8, 4) is 17.2 Å². The fourth-order valence-corrected chi connectivity index (χ4v) is 6.93. The molecule has 1 aromatic carbocycles. The first kappa shape index (κ1) is 35.6. The predicted molar refractivity (Wildman–Crippen MR) is 187 cm³/mol. The maximum absolute atomic E-state index is 13.6. The molecule has 1 saturated carbocycles. The minimum Gasteiger partial charge on any atom is -0.490 e. The second kappa shape index (κ2) is 15.7. The summed E-state index contributed by atoms with van der Waals surface area (Å²) in [5, 5.41) is 0. The zero-order valence-electron chi connectivity index (χ0n) is 29.7. The van der Waals surface area contributed by atoms with Crippen LogP contribution in [-0.2, 0) is 6.42 Å². The Morgan fingerprint density at radius 3 is 2.54 bits per heavy atom. The van der Waals surface area contributed by atoms with Gasteiger partial charge in [-0.2, -0.15) is 0 Å². The lowest BCUT2D eigenvalue weighted by atomic mass is 9.61. The third-order valence-electron chi connectivity index (χ3n) is 10.0. The molecule has 3 aliphatic rings. The molecule has 0 N–H and O–H groups in total. The van der Waals surface area contributed by atoms with Crippen LogP contribution in [0, 0.1) is 11.2 Å². The van der Waals surface area contributed by atoms with E-state index in [1.165, 1.54) is 29.7 Å². The Morgan fingerprint density at radius 2 is 1.88 bits per heavy atom. The quantitative estimate of drug-likeness (QED) is 0.219. The van der Waals surface area contributed by atoms with Crippen molar-refractivity contribution in [2.75, 3.05) is 65.8 Å². The van der Waals surface area contributed by atoms with Gasteiger partial charge in [0, 0.05) is 55.3 Å². The van der Waals surface area contributed by atoms with Crippen LogP contribution in [-0.4, -0.2) is 109 Å². The molecule has 1 saturated heterocycles. The summed E-state index contributed by atoms with van der Waals surface area (Å²) in [6.07, 6.45) is 10.9. The van der Waals surface area contributed by atoms with Crippen LogP contribution in [0.3, 0.4) is 0 Å². The maximum atomic E-state index is 13.6. The van der Waals surface area contributed by atoms with E-state index in [0.717, 1.165) is 76.6 Å². The number of nitrogens with zero attached hydrogens (tertiary/aromatic N) is 7. The van der Waals surface area contributed by atoms with E-state index in [-0.39, 0.29) is 22.8 Å². The van der Waals surface area contributed by atoms with Crippen LogP contribution < -0.4 is 14.4 Å². The zero-order chi connectivity index (χ0) is 34.4. The van der Waals surface area contributed by atoms with Gasteiger partial charge in [-0.05, 0) is 105 Å². The Balaban J connectivity index is 0.000000582. The molecule has 260 valence electrons. The van der Waals surface area contributed by atoms with E-state index in [1.54, 1.807) is 6.20 Å². The van der Waals surface area contributed by atoms with Crippen molar-refractivity contribution in [3.63, 3.8) is 0 Å². The molecule has 1 unspecified atom stereocenters. The van der Waals surface area contributed by atoms with Crippen LogP contribution in [0.5, 0.6) is 17.2 Å². The van der Waals surface area contributed by atoms with Gasteiger partial charge in [-0.15, -0.1) is 0 Å². The first-order valence-electron chi connectivity index (χ1n) is 17.2. The topological polar surface area (TPSA) is 87.2 Å². The number of aromatic nitrogens is 3. The number of ether oxygens (including phenoxy) is 2. The van der Waals surface area contributed by atoms with Crippen molar-refractivity contribution in [3.05, 3.63) is 65.6 Å². The highest BCUT2D eigenvalue weighted by atomic mass is 19.1. The van der Waals surface area contributed by atoms with E-state index in [9.17, 15) is 9.18 Å². The van der Waals surface area contributed by atoms with E-state index in [0.29, 0.717) is 29.9 Å². The van der Waals surface area contributed by atoms with Crippen LogP contribution in [0.1, 0.15) is 74.1 Å². The summed E-state index contributed by atoms with van der Waals surface area (Å²) in [6.45, 7) is 11.5. The van der Waals surface area contributed by atoms with Crippen molar-refractivity contribution in [2.24, 2.45) is 5.41 Å². The molecule has 10 nitrogen and oxygen atoms in total. The molecule has 11 heteroatoms. The summed E-state index contributed by atoms with van der Waals surface area (Å²) in [4.78, 5) is 33.9. The van der Waals surface area contributed by atoms with E-state index in [2.05, 4.69) is 78.5 Å². The molecule has 48 heavy (non-hydrogen) atoms. The molecule has 0 amide bonds. The van der Waals surface area contributed by atoms with Gasteiger partial charge < -0.3 is 24.2 Å². The average molecular weight is 662 g/mol. The SMILES string of the molecule is CCN(C)C(C)C.CN(C)CCCC1c2c(OC3CC4(C3)CN(c3ncncc3Oc3ccc(F)cc3C=O)C4)ccnc2CCN1C. The number of hydrogen-bond acceptors (Lipinski definition) is 10.